The summed E-state index contributed by atoms with van der Waals surface area (Å²) in [6.07, 6.45) is 1.11. The molecule has 0 N–H and O–H groups in total. The van der Waals surface area contributed by atoms with E-state index in [1.807, 2.05) is 19.9 Å². The van der Waals surface area contributed by atoms with Gasteiger partial charge in [-0.15, -0.1) is 0 Å². The van der Waals surface area contributed by atoms with Crippen molar-refractivity contribution in [2.24, 2.45) is 0 Å². The van der Waals surface area contributed by atoms with Gasteiger partial charge in [0.25, 0.3) is 0 Å². The first-order chi connectivity index (χ1) is 13.9. The summed E-state index contributed by atoms with van der Waals surface area (Å²) in [6, 6.07) is 9.67. The second-order valence-electron chi connectivity index (χ2n) is 6.01. The summed E-state index contributed by atoms with van der Waals surface area (Å²) in [7, 11) is 0. The summed E-state index contributed by atoms with van der Waals surface area (Å²) in [5.41, 5.74) is 1.27. The fourth-order valence-electron chi connectivity index (χ4n) is 2.31. The molecule has 0 saturated carbocycles. The third-order valence-electron chi connectivity index (χ3n) is 3.55. The van der Waals surface area contributed by atoms with Gasteiger partial charge < -0.3 is 13.9 Å². The van der Waals surface area contributed by atoms with Crippen molar-refractivity contribution in [1.29, 1.82) is 0 Å². The van der Waals surface area contributed by atoms with Gasteiger partial charge in [0, 0.05) is 22.5 Å². The number of nitrogens with zero attached hydrogens (tertiary/aromatic N) is 2. The van der Waals surface area contributed by atoms with E-state index in [9.17, 15) is 9.59 Å². The smallest absolute Gasteiger partial charge is 0.349 e. The largest absolute Gasteiger partial charge is 0.482 e. The van der Waals surface area contributed by atoms with Crippen LogP contribution >= 0.6 is 23.4 Å². The number of rotatable bonds is 7. The molecular formula is C20H17ClN2O5S. The van der Waals surface area contributed by atoms with Crippen LogP contribution in [0.15, 0.2) is 57.0 Å². The van der Waals surface area contributed by atoms with Crippen LogP contribution in [-0.2, 0) is 10.5 Å². The van der Waals surface area contributed by atoms with E-state index in [2.05, 4.69) is 9.97 Å². The predicted octanol–water partition coefficient (Wildman–Crippen LogP) is 3.98. The monoisotopic (exact) mass is 432 g/mol. The van der Waals surface area contributed by atoms with E-state index in [1.165, 1.54) is 17.8 Å². The molecule has 1 aromatic carbocycles. The number of halogens is 1. The highest BCUT2D eigenvalue weighted by molar-refractivity contribution is 7.98. The molecule has 0 amide bonds. The Morgan fingerprint density at radius 3 is 2.48 bits per heavy atom. The Morgan fingerprint density at radius 1 is 1.14 bits per heavy atom. The normalized spacial score (nSPS) is 10.6. The molecule has 0 bridgehead atoms. The van der Waals surface area contributed by atoms with Crippen LogP contribution in [0.2, 0.25) is 5.02 Å². The molecule has 3 aromatic rings. The van der Waals surface area contributed by atoms with Crippen LogP contribution in [0.25, 0.3) is 0 Å². The van der Waals surface area contributed by atoms with E-state index < -0.39 is 11.4 Å². The minimum absolute atomic E-state index is 0.203. The summed E-state index contributed by atoms with van der Waals surface area (Å²) in [5.74, 6) is 0.315. The lowest BCUT2D eigenvalue weighted by atomic mass is 10.3. The molecule has 29 heavy (non-hydrogen) atoms. The van der Waals surface area contributed by atoms with Crippen molar-refractivity contribution in [1.82, 2.24) is 9.97 Å². The lowest BCUT2D eigenvalue weighted by molar-refractivity contribution is -0.136. The molecule has 0 spiro atoms. The minimum Gasteiger partial charge on any atom is -0.482 e. The number of aromatic nitrogens is 2. The van der Waals surface area contributed by atoms with E-state index in [0.29, 0.717) is 27.4 Å². The van der Waals surface area contributed by atoms with Gasteiger partial charge in [-0.05, 0) is 44.2 Å². The maximum absolute atomic E-state index is 12.2. The molecule has 0 aliphatic rings. The SMILES string of the molecule is Cc1cc(C)nc(SCc2cc(=O)c(OC(=O)COc3ccc(Cl)cc3)co2)n1. The van der Waals surface area contributed by atoms with Gasteiger partial charge in [0.2, 0.25) is 11.2 Å². The number of esters is 1. The van der Waals surface area contributed by atoms with Crippen LogP contribution in [0.5, 0.6) is 11.5 Å². The van der Waals surface area contributed by atoms with Crippen molar-refractivity contribution in [3.63, 3.8) is 0 Å². The maximum Gasteiger partial charge on any atom is 0.349 e. The van der Waals surface area contributed by atoms with Crippen molar-refractivity contribution in [2.45, 2.75) is 24.8 Å². The van der Waals surface area contributed by atoms with Crippen LogP contribution in [0.4, 0.5) is 0 Å². The Balaban J connectivity index is 1.55. The van der Waals surface area contributed by atoms with Gasteiger partial charge in [-0.1, -0.05) is 23.4 Å². The molecular weight excluding hydrogens is 416 g/mol. The Labute approximate surface area is 176 Å². The van der Waals surface area contributed by atoms with Crippen LogP contribution in [-0.4, -0.2) is 22.5 Å². The predicted molar refractivity (Wildman–Crippen MR) is 109 cm³/mol. The minimum atomic E-state index is -0.724. The number of thioether (sulfide) groups is 1. The molecule has 2 heterocycles. The van der Waals surface area contributed by atoms with Gasteiger partial charge in [-0.2, -0.15) is 0 Å². The first-order valence-corrected chi connectivity index (χ1v) is 9.91. The number of aryl methyl sites for hydroxylation is 2. The highest BCUT2D eigenvalue weighted by atomic mass is 35.5. The molecule has 0 saturated heterocycles. The van der Waals surface area contributed by atoms with Crippen molar-refractivity contribution >= 4 is 29.3 Å². The molecule has 0 radical (unpaired) electrons. The topological polar surface area (TPSA) is 91.5 Å². The molecule has 0 unspecified atom stereocenters. The van der Waals surface area contributed by atoms with Crippen molar-refractivity contribution < 1.29 is 18.7 Å². The summed E-state index contributed by atoms with van der Waals surface area (Å²) >= 11 is 7.13. The Hall–Kier alpha value is -2.84. The molecule has 0 atom stereocenters. The standard InChI is InChI=1S/C20H17ClN2O5S/c1-12-7-13(2)23-20(22-12)29-11-16-8-17(24)18(9-26-16)28-19(25)10-27-15-5-3-14(21)4-6-15/h3-9H,10-11H2,1-2H3. The molecule has 0 fully saturated rings. The third-order valence-corrected chi connectivity index (χ3v) is 4.67. The number of carbonyl (C=O) groups excluding carboxylic acids is 1. The highest BCUT2D eigenvalue weighted by Gasteiger charge is 2.12. The molecule has 0 aliphatic heterocycles. The first kappa shape index (κ1) is 20.9. The quantitative estimate of drug-likeness (QED) is 0.314. The Kier molecular flexibility index (Phi) is 6.90. The summed E-state index contributed by atoms with van der Waals surface area (Å²) in [4.78, 5) is 32.7. The van der Waals surface area contributed by atoms with Gasteiger partial charge in [-0.25, -0.2) is 14.8 Å². The van der Waals surface area contributed by atoms with Crippen LogP contribution in [0, 0.1) is 13.8 Å². The lowest BCUT2D eigenvalue weighted by Gasteiger charge is -2.07. The highest BCUT2D eigenvalue weighted by Crippen LogP contribution is 2.20. The van der Waals surface area contributed by atoms with Crippen molar-refractivity contribution in [2.75, 3.05) is 6.61 Å². The van der Waals surface area contributed by atoms with Crippen LogP contribution in [0.1, 0.15) is 17.1 Å². The van der Waals surface area contributed by atoms with Gasteiger partial charge in [0.05, 0.1) is 5.75 Å². The Bertz CT molecular complexity index is 1050. The van der Waals surface area contributed by atoms with Gasteiger partial charge in [0.1, 0.15) is 17.8 Å². The van der Waals surface area contributed by atoms with E-state index in [1.54, 1.807) is 24.3 Å². The number of ether oxygens (including phenoxy) is 2. The zero-order valence-electron chi connectivity index (χ0n) is 15.7. The molecule has 2 aromatic heterocycles. The van der Waals surface area contributed by atoms with Gasteiger partial charge >= 0.3 is 5.97 Å². The summed E-state index contributed by atoms with van der Waals surface area (Å²) < 4.78 is 15.7. The number of benzene rings is 1. The number of carbonyl (C=O) groups is 1. The van der Waals surface area contributed by atoms with E-state index in [0.717, 1.165) is 17.7 Å². The second-order valence-corrected chi connectivity index (χ2v) is 7.39. The van der Waals surface area contributed by atoms with Gasteiger partial charge in [-0.3, -0.25) is 4.79 Å². The van der Waals surface area contributed by atoms with E-state index >= 15 is 0 Å². The molecule has 3 rings (SSSR count). The number of hydrogen-bond donors (Lipinski definition) is 0. The molecule has 7 nitrogen and oxygen atoms in total. The maximum atomic E-state index is 12.2. The fraction of sp³-hybridized carbons (Fsp3) is 0.200. The number of hydrogen-bond acceptors (Lipinski definition) is 8. The summed E-state index contributed by atoms with van der Waals surface area (Å²) in [6.45, 7) is 3.42. The molecule has 150 valence electrons. The molecule has 0 aliphatic carbocycles. The second kappa shape index (κ2) is 9.58. The average molecular weight is 433 g/mol. The van der Waals surface area contributed by atoms with Crippen molar-refractivity contribution in [3.05, 3.63) is 75.1 Å². The zero-order chi connectivity index (χ0) is 20.8. The van der Waals surface area contributed by atoms with E-state index in [-0.39, 0.29) is 12.4 Å². The molecule has 9 heteroatoms. The first-order valence-electron chi connectivity index (χ1n) is 8.55. The van der Waals surface area contributed by atoms with Crippen LogP contribution < -0.4 is 14.9 Å². The van der Waals surface area contributed by atoms with Crippen molar-refractivity contribution in [3.8, 4) is 11.5 Å². The third kappa shape index (κ3) is 6.33. The Morgan fingerprint density at radius 2 is 1.83 bits per heavy atom. The average Bonchev–Trinajstić information content (AvgIpc) is 2.67. The van der Waals surface area contributed by atoms with Gasteiger partial charge in [0.15, 0.2) is 11.8 Å². The van der Waals surface area contributed by atoms with Crippen LogP contribution in [0.3, 0.4) is 0 Å². The van der Waals surface area contributed by atoms with E-state index in [4.69, 9.17) is 25.5 Å². The zero-order valence-corrected chi connectivity index (χ0v) is 17.2. The summed E-state index contributed by atoms with van der Waals surface area (Å²) in [5, 5.41) is 1.15. The fourth-order valence-corrected chi connectivity index (χ4v) is 3.27. The lowest BCUT2D eigenvalue weighted by Crippen LogP contribution is -2.20.